The van der Waals surface area contributed by atoms with Gasteiger partial charge in [-0.05, 0) is 24.6 Å². The van der Waals surface area contributed by atoms with Gasteiger partial charge in [-0.2, -0.15) is 0 Å². The summed E-state index contributed by atoms with van der Waals surface area (Å²) in [5, 5.41) is 6.39. The highest BCUT2D eigenvalue weighted by Crippen LogP contribution is 2.10. The Morgan fingerprint density at radius 2 is 1.72 bits per heavy atom. The molecule has 6 heteroatoms. The summed E-state index contributed by atoms with van der Waals surface area (Å²) < 4.78 is 13.6. The number of hydrogen-bond donors (Lipinski definition) is 2. The number of halogens is 2. The molecule has 0 bridgehead atoms. The van der Waals surface area contributed by atoms with Gasteiger partial charge in [-0.25, -0.2) is 4.39 Å². The molecule has 0 aromatic heterocycles. The Balaban J connectivity index is 0.00000312. The number of para-hydroxylation sites is 1. The van der Waals surface area contributed by atoms with Gasteiger partial charge in [0.05, 0.1) is 0 Å². The van der Waals surface area contributed by atoms with Crippen molar-refractivity contribution in [1.82, 2.24) is 10.6 Å². The molecule has 0 aliphatic heterocycles. The number of guanidine groups is 1. The van der Waals surface area contributed by atoms with E-state index in [1.807, 2.05) is 24.3 Å². The average molecular weight is 456 g/mol. The van der Waals surface area contributed by atoms with E-state index in [0.717, 1.165) is 19.5 Å². The van der Waals surface area contributed by atoms with Crippen molar-refractivity contribution >= 4 is 35.6 Å². The Kier molecular flexibility index (Phi) is 9.91. The van der Waals surface area contributed by atoms with Crippen LogP contribution in [0.3, 0.4) is 0 Å². The molecule has 2 aromatic rings. The molecule has 25 heavy (non-hydrogen) atoms. The van der Waals surface area contributed by atoms with E-state index in [2.05, 4.69) is 39.7 Å². The molecule has 0 unspecified atom stereocenters. The highest BCUT2D eigenvalue weighted by atomic mass is 127. The monoisotopic (exact) mass is 456 g/mol. The van der Waals surface area contributed by atoms with Crippen LogP contribution in [0.5, 0.6) is 0 Å². The van der Waals surface area contributed by atoms with Gasteiger partial charge in [0.15, 0.2) is 5.96 Å². The van der Waals surface area contributed by atoms with E-state index in [9.17, 15) is 4.39 Å². The van der Waals surface area contributed by atoms with E-state index < -0.39 is 0 Å². The van der Waals surface area contributed by atoms with Crippen LogP contribution in [-0.4, -0.2) is 33.1 Å². The predicted octanol–water partition coefficient (Wildman–Crippen LogP) is 3.64. The molecule has 0 radical (unpaired) electrons. The summed E-state index contributed by atoms with van der Waals surface area (Å²) in [5.74, 6) is 0.477. The van der Waals surface area contributed by atoms with E-state index in [1.165, 1.54) is 11.8 Å². The summed E-state index contributed by atoms with van der Waals surface area (Å²) in [6.45, 7) is 2.16. The molecule has 0 saturated carbocycles. The molecule has 0 aliphatic rings. The van der Waals surface area contributed by atoms with Gasteiger partial charge < -0.3 is 15.5 Å². The fourth-order valence-corrected chi connectivity index (χ4v) is 2.38. The highest BCUT2D eigenvalue weighted by molar-refractivity contribution is 14.0. The van der Waals surface area contributed by atoms with E-state index >= 15 is 0 Å². The molecule has 0 aliphatic carbocycles. The summed E-state index contributed by atoms with van der Waals surface area (Å²) >= 11 is 0. The molecule has 2 aromatic carbocycles. The lowest BCUT2D eigenvalue weighted by molar-refractivity contribution is 0.604. The lowest BCUT2D eigenvalue weighted by atomic mass is 10.2. The van der Waals surface area contributed by atoms with Crippen LogP contribution in [0.4, 0.5) is 10.1 Å². The maximum atomic E-state index is 13.6. The summed E-state index contributed by atoms with van der Waals surface area (Å²) in [7, 11) is 3.80. The van der Waals surface area contributed by atoms with E-state index in [1.54, 1.807) is 19.2 Å². The van der Waals surface area contributed by atoms with Crippen LogP contribution in [0.2, 0.25) is 0 Å². The van der Waals surface area contributed by atoms with Crippen molar-refractivity contribution in [2.24, 2.45) is 4.99 Å². The van der Waals surface area contributed by atoms with E-state index in [0.29, 0.717) is 18.1 Å². The van der Waals surface area contributed by atoms with Crippen molar-refractivity contribution in [3.05, 3.63) is 66.0 Å². The van der Waals surface area contributed by atoms with Crippen molar-refractivity contribution in [2.45, 2.75) is 13.0 Å². The second kappa shape index (κ2) is 11.7. The van der Waals surface area contributed by atoms with Crippen molar-refractivity contribution in [3.8, 4) is 0 Å². The zero-order valence-electron chi connectivity index (χ0n) is 14.7. The van der Waals surface area contributed by atoms with Gasteiger partial charge in [0.25, 0.3) is 0 Å². The summed E-state index contributed by atoms with van der Waals surface area (Å²) in [6, 6.07) is 17.0. The maximum absolute atomic E-state index is 13.6. The molecular formula is C19H26FIN4. The standard InChI is InChI=1S/C19H25FN4.HI/c1-21-19(23-15-16-9-6-7-12-18(16)20)22-13-8-14-24(2)17-10-4-3-5-11-17;/h3-7,9-12H,8,13-15H2,1-2H3,(H2,21,22,23);1H. The molecule has 4 nitrogen and oxygen atoms in total. The third-order valence-electron chi connectivity index (χ3n) is 3.79. The van der Waals surface area contributed by atoms with Crippen molar-refractivity contribution in [1.29, 1.82) is 0 Å². The minimum Gasteiger partial charge on any atom is -0.375 e. The minimum absolute atomic E-state index is 0. The summed E-state index contributed by atoms with van der Waals surface area (Å²) in [4.78, 5) is 6.39. The fraction of sp³-hybridized carbons (Fsp3) is 0.316. The van der Waals surface area contributed by atoms with Gasteiger partial charge in [-0.1, -0.05) is 36.4 Å². The largest absolute Gasteiger partial charge is 0.375 e. The van der Waals surface area contributed by atoms with Gasteiger partial charge in [0.1, 0.15) is 5.82 Å². The number of rotatable bonds is 7. The number of benzene rings is 2. The SMILES string of the molecule is CN=C(NCCCN(C)c1ccccc1)NCc1ccccc1F.I. The number of nitrogens with zero attached hydrogens (tertiary/aromatic N) is 2. The molecule has 0 heterocycles. The van der Waals surface area contributed by atoms with Crippen LogP contribution in [0.1, 0.15) is 12.0 Å². The van der Waals surface area contributed by atoms with Gasteiger partial charge in [-0.15, -0.1) is 24.0 Å². The quantitative estimate of drug-likeness (QED) is 0.289. The smallest absolute Gasteiger partial charge is 0.191 e. The first-order chi connectivity index (χ1) is 11.7. The molecule has 2 N–H and O–H groups in total. The number of nitrogens with one attached hydrogen (secondary N) is 2. The summed E-state index contributed by atoms with van der Waals surface area (Å²) in [5.41, 5.74) is 1.84. The fourth-order valence-electron chi connectivity index (χ4n) is 2.38. The zero-order valence-corrected chi connectivity index (χ0v) is 17.0. The van der Waals surface area contributed by atoms with E-state index in [4.69, 9.17) is 0 Å². The third-order valence-corrected chi connectivity index (χ3v) is 3.79. The van der Waals surface area contributed by atoms with Crippen molar-refractivity contribution < 1.29 is 4.39 Å². The Labute approximate surface area is 166 Å². The molecule has 0 saturated heterocycles. The lowest BCUT2D eigenvalue weighted by Crippen LogP contribution is -2.38. The number of anilines is 1. The van der Waals surface area contributed by atoms with Crippen LogP contribution in [-0.2, 0) is 6.54 Å². The predicted molar refractivity (Wildman–Crippen MR) is 114 cm³/mol. The third kappa shape index (κ3) is 7.29. The van der Waals surface area contributed by atoms with Crippen LogP contribution in [0.15, 0.2) is 59.6 Å². The van der Waals surface area contributed by atoms with Crippen LogP contribution in [0, 0.1) is 5.82 Å². The van der Waals surface area contributed by atoms with Crippen LogP contribution in [0.25, 0.3) is 0 Å². The molecule has 0 fully saturated rings. The van der Waals surface area contributed by atoms with Gasteiger partial charge in [0.2, 0.25) is 0 Å². The van der Waals surface area contributed by atoms with Gasteiger partial charge in [-0.3, -0.25) is 4.99 Å². The Morgan fingerprint density at radius 1 is 1.04 bits per heavy atom. The van der Waals surface area contributed by atoms with Gasteiger partial charge in [0, 0.05) is 45.0 Å². The number of hydrogen-bond acceptors (Lipinski definition) is 2. The first kappa shape index (κ1) is 21.2. The van der Waals surface area contributed by atoms with Crippen molar-refractivity contribution in [3.63, 3.8) is 0 Å². The maximum Gasteiger partial charge on any atom is 0.191 e. The first-order valence-corrected chi connectivity index (χ1v) is 8.15. The zero-order chi connectivity index (χ0) is 17.2. The molecule has 2 rings (SSSR count). The number of aliphatic imine (C=N–C) groups is 1. The van der Waals surface area contributed by atoms with Gasteiger partial charge >= 0.3 is 0 Å². The van der Waals surface area contributed by atoms with Crippen LogP contribution >= 0.6 is 24.0 Å². The topological polar surface area (TPSA) is 39.7 Å². The molecule has 136 valence electrons. The Bertz CT molecular complexity index is 649. The molecule has 0 amide bonds. The van der Waals surface area contributed by atoms with Crippen LogP contribution < -0.4 is 15.5 Å². The lowest BCUT2D eigenvalue weighted by Gasteiger charge is -2.19. The average Bonchev–Trinajstić information content (AvgIpc) is 2.63. The normalized spacial score (nSPS) is 10.8. The van der Waals surface area contributed by atoms with E-state index in [-0.39, 0.29) is 29.8 Å². The Morgan fingerprint density at radius 3 is 2.40 bits per heavy atom. The molecule has 0 spiro atoms. The molecule has 0 atom stereocenters. The highest BCUT2D eigenvalue weighted by Gasteiger charge is 2.03. The first-order valence-electron chi connectivity index (χ1n) is 8.15. The second-order valence-electron chi connectivity index (χ2n) is 5.55. The minimum atomic E-state index is -0.204. The van der Waals surface area contributed by atoms with Crippen molar-refractivity contribution in [2.75, 3.05) is 32.1 Å². The Hall–Kier alpha value is -1.83. The summed E-state index contributed by atoms with van der Waals surface area (Å²) in [6.07, 6.45) is 0.978. The second-order valence-corrected chi connectivity index (χ2v) is 5.55. The molecular weight excluding hydrogens is 430 g/mol.